The monoisotopic (exact) mass is 318 g/mol. The van der Waals surface area contributed by atoms with Crippen LogP contribution in [0.5, 0.6) is 0 Å². The molecule has 0 aromatic carbocycles. The lowest BCUT2D eigenvalue weighted by Crippen LogP contribution is -2.52. The first-order valence-corrected chi connectivity index (χ1v) is 7.60. The number of anilines is 1. The van der Waals surface area contributed by atoms with Crippen LogP contribution >= 0.6 is 0 Å². The topological polar surface area (TPSA) is 112 Å². The molecule has 8 nitrogen and oxygen atoms in total. The molecule has 2 aliphatic rings. The van der Waals surface area contributed by atoms with Crippen molar-refractivity contribution in [3.8, 4) is 0 Å². The van der Waals surface area contributed by atoms with E-state index in [9.17, 15) is 14.4 Å². The van der Waals surface area contributed by atoms with Gasteiger partial charge in [-0.25, -0.2) is 14.6 Å². The van der Waals surface area contributed by atoms with E-state index in [1.807, 2.05) is 0 Å². The summed E-state index contributed by atoms with van der Waals surface area (Å²) in [6.45, 7) is 0.718. The van der Waals surface area contributed by atoms with Crippen molar-refractivity contribution in [2.45, 2.75) is 31.2 Å². The minimum atomic E-state index is -1.05. The molecule has 3 N–H and O–H groups in total. The molecule has 122 valence electrons. The smallest absolute Gasteiger partial charge is 0.339 e. The summed E-state index contributed by atoms with van der Waals surface area (Å²) in [5.74, 6) is -0.910. The fourth-order valence-corrected chi connectivity index (χ4v) is 2.91. The Balaban J connectivity index is 1.52. The molecular weight excluding hydrogens is 300 g/mol. The van der Waals surface area contributed by atoms with Gasteiger partial charge in [-0.2, -0.15) is 0 Å². The average Bonchev–Trinajstić information content (AvgIpc) is 2.75. The van der Waals surface area contributed by atoms with E-state index in [0.29, 0.717) is 32.4 Å². The minimum Gasteiger partial charge on any atom is -0.478 e. The molecule has 0 bridgehead atoms. The summed E-state index contributed by atoms with van der Waals surface area (Å²) in [5, 5.41) is 14.8. The zero-order valence-electron chi connectivity index (χ0n) is 12.5. The number of hydrogen-bond donors (Lipinski definition) is 3. The van der Waals surface area contributed by atoms with Gasteiger partial charge in [0.2, 0.25) is 0 Å². The highest BCUT2D eigenvalue weighted by atomic mass is 16.4. The Morgan fingerprint density at radius 3 is 2.83 bits per heavy atom. The largest absolute Gasteiger partial charge is 0.478 e. The van der Waals surface area contributed by atoms with Gasteiger partial charge in [0.05, 0.1) is 0 Å². The van der Waals surface area contributed by atoms with Gasteiger partial charge in [0.15, 0.2) is 0 Å². The number of imide groups is 1. The lowest BCUT2D eigenvalue weighted by atomic mass is 9.77. The average molecular weight is 318 g/mol. The van der Waals surface area contributed by atoms with Crippen LogP contribution in [0.4, 0.5) is 10.6 Å². The van der Waals surface area contributed by atoms with Crippen LogP contribution < -0.4 is 10.6 Å². The number of carbonyl (C=O) groups is 3. The van der Waals surface area contributed by atoms with Crippen molar-refractivity contribution < 1.29 is 19.5 Å². The second kappa shape index (κ2) is 5.86. The summed E-state index contributed by atoms with van der Waals surface area (Å²) in [7, 11) is 0. The van der Waals surface area contributed by atoms with Gasteiger partial charge in [-0.3, -0.25) is 9.69 Å². The third-order valence-corrected chi connectivity index (χ3v) is 4.34. The molecule has 1 aliphatic heterocycles. The quantitative estimate of drug-likeness (QED) is 0.534. The van der Waals surface area contributed by atoms with E-state index in [0.717, 1.165) is 6.42 Å². The number of carbonyl (C=O) groups excluding carboxylic acids is 2. The number of rotatable bonds is 6. The molecule has 1 aliphatic carbocycles. The lowest BCUT2D eigenvalue weighted by molar-refractivity contribution is -0.134. The maximum atomic E-state index is 12.3. The van der Waals surface area contributed by atoms with E-state index in [4.69, 9.17) is 5.11 Å². The molecule has 1 saturated carbocycles. The molecule has 3 rings (SSSR count). The predicted octanol–water partition coefficient (Wildman–Crippen LogP) is 1.06. The lowest BCUT2D eigenvalue weighted by Gasteiger charge is -2.34. The van der Waals surface area contributed by atoms with E-state index in [1.165, 1.54) is 17.2 Å². The number of nitrogens with one attached hydrogen (secondary N) is 2. The number of aromatic nitrogens is 1. The third kappa shape index (κ3) is 2.71. The number of amides is 3. The van der Waals surface area contributed by atoms with Gasteiger partial charge >= 0.3 is 12.0 Å². The van der Waals surface area contributed by atoms with Crippen molar-refractivity contribution in [3.05, 3.63) is 23.9 Å². The third-order valence-electron chi connectivity index (χ3n) is 4.34. The Morgan fingerprint density at radius 2 is 2.22 bits per heavy atom. The summed E-state index contributed by atoms with van der Waals surface area (Å²) in [6.07, 6.45) is 4.40. The minimum absolute atomic E-state index is 0.0934. The Labute approximate surface area is 132 Å². The maximum absolute atomic E-state index is 12.3. The normalized spacial score (nSPS) is 18.7. The Hall–Kier alpha value is -2.64. The molecule has 3 amide bonds. The van der Waals surface area contributed by atoms with E-state index >= 15 is 0 Å². The predicted molar refractivity (Wildman–Crippen MR) is 81.1 cm³/mol. The van der Waals surface area contributed by atoms with E-state index < -0.39 is 11.5 Å². The van der Waals surface area contributed by atoms with Crippen LogP contribution in [0, 0.1) is 0 Å². The summed E-state index contributed by atoms with van der Waals surface area (Å²) in [4.78, 5) is 40.5. The second-order valence-electron chi connectivity index (χ2n) is 5.81. The fourth-order valence-electron chi connectivity index (χ4n) is 2.91. The fraction of sp³-hybridized carbons (Fsp3) is 0.467. The van der Waals surface area contributed by atoms with Crippen molar-refractivity contribution in [1.82, 2.24) is 15.2 Å². The number of carboxylic acids is 1. The Bertz CT molecular complexity index is 657. The van der Waals surface area contributed by atoms with Crippen LogP contribution in [0.1, 0.15) is 36.0 Å². The van der Waals surface area contributed by atoms with Gasteiger partial charge in [0, 0.05) is 19.3 Å². The number of urea groups is 1. The molecule has 8 heteroatoms. The van der Waals surface area contributed by atoms with Crippen LogP contribution in [0.15, 0.2) is 18.3 Å². The molecule has 0 atom stereocenters. The van der Waals surface area contributed by atoms with Crippen LogP contribution in [-0.2, 0) is 4.79 Å². The SMILES string of the molecule is O=C(O)c1cccnc1NCCCN1C(=O)NC2(CCC2)C1=O. The first-order chi connectivity index (χ1) is 11.0. The van der Waals surface area contributed by atoms with Crippen LogP contribution in [-0.4, -0.2) is 51.5 Å². The standard InChI is InChI=1S/C15H18N4O4/c20-12(21)10-4-1-7-16-11(10)17-8-3-9-19-13(22)15(5-2-6-15)18-14(19)23/h1,4,7H,2-3,5-6,8-9H2,(H,16,17)(H,18,23)(H,20,21). The second-order valence-corrected chi connectivity index (χ2v) is 5.81. The molecule has 1 aromatic heterocycles. The first-order valence-electron chi connectivity index (χ1n) is 7.60. The molecule has 1 spiro atoms. The highest BCUT2D eigenvalue weighted by molar-refractivity contribution is 6.07. The van der Waals surface area contributed by atoms with Crippen molar-refractivity contribution >= 4 is 23.7 Å². The highest BCUT2D eigenvalue weighted by Gasteiger charge is 2.54. The van der Waals surface area contributed by atoms with E-state index in [-0.39, 0.29) is 23.3 Å². The number of hydrogen-bond acceptors (Lipinski definition) is 5. The van der Waals surface area contributed by atoms with Crippen LogP contribution in [0.25, 0.3) is 0 Å². The summed E-state index contributed by atoms with van der Waals surface area (Å²) >= 11 is 0. The molecule has 0 radical (unpaired) electrons. The molecule has 1 aromatic rings. The summed E-state index contributed by atoms with van der Waals surface area (Å²) in [5.41, 5.74) is -0.557. The van der Waals surface area contributed by atoms with Crippen LogP contribution in [0.2, 0.25) is 0 Å². The molecule has 0 unspecified atom stereocenters. The zero-order chi connectivity index (χ0) is 16.4. The number of pyridine rings is 1. The van der Waals surface area contributed by atoms with Crippen molar-refractivity contribution in [2.24, 2.45) is 0 Å². The molecule has 1 saturated heterocycles. The van der Waals surface area contributed by atoms with E-state index in [1.54, 1.807) is 6.07 Å². The number of nitrogens with zero attached hydrogens (tertiary/aromatic N) is 2. The van der Waals surface area contributed by atoms with Gasteiger partial charge in [-0.05, 0) is 37.8 Å². The molecular formula is C15H18N4O4. The number of carboxylic acid groups (broad SMARTS) is 1. The van der Waals surface area contributed by atoms with Gasteiger partial charge < -0.3 is 15.7 Å². The zero-order valence-corrected chi connectivity index (χ0v) is 12.5. The van der Waals surface area contributed by atoms with E-state index in [2.05, 4.69) is 15.6 Å². The first kappa shape index (κ1) is 15.3. The summed E-state index contributed by atoms with van der Waals surface area (Å²) in [6, 6.07) is 2.69. The van der Waals surface area contributed by atoms with Gasteiger partial charge in [0.1, 0.15) is 16.9 Å². The van der Waals surface area contributed by atoms with Crippen molar-refractivity contribution in [1.29, 1.82) is 0 Å². The van der Waals surface area contributed by atoms with Gasteiger partial charge in [-0.1, -0.05) is 0 Å². The van der Waals surface area contributed by atoms with Crippen molar-refractivity contribution in [2.75, 3.05) is 18.4 Å². The number of aromatic carboxylic acids is 1. The van der Waals surface area contributed by atoms with Gasteiger partial charge in [0.25, 0.3) is 5.91 Å². The maximum Gasteiger partial charge on any atom is 0.339 e. The molecule has 2 fully saturated rings. The summed E-state index contributed by atoms with van der Waals surface area (Å²) < 4.78 is 0. The van der Waals surface area contributed by atoms with Crippen LogP contribution in [0.3, 0.4) is 0 Å². The Kier molecular flexibility index (Phi) is 3.89. The molecule has 2 heterocycles. The van der Waals surface area contributed by atoms with Crippen molar-refractivity contribution in [3.63, 3.8) is 0 Å². The molecule has 23 heavy (non-hydrogen) atoms. The Morgan fingerprint density at radius 1 is 1.43 bits per heavy atom. The highest BCUT2D eigenvalue weighted by Crippen LogP contribution is 2.37. The van der Waals surface area contributed by atoms with Gasteiger partial charge in [-0.15, -0.1) is 0 Å².